The third-order valence-electron chi connectivity index (χ3n) is 3.94. The molecule has 16 heavy (non-hydrogen) atoms. The Morgan fingerprint density at radius 1 is 1.50 bits per heavy atom. The molecular weight excluding hydrogens is 208 g/mol. The number of carboxylic acid groups (broad SMARTS) is 1. The van der Waals surface area contributed by atoms with E-state index in [0.29, 0.717) is 38.5 Å². The SMILES string of the molecule is NCC1CCN(C2(C(=O)O)CCOCC2)C1. The molecule has 2 fully saturated rings. The van der Waals surface area contributed by atoms with Gasteiger partial charge in [0.1, 0.15) is 5.54 Å². The molecule has 92 valence electrons. The Balaban J connectivity index is 2.10. The lowest BCUT2D eigenvalue weighted by molar-refractivity contribution is -0.157. The number of hydrogen-bond acceptors (Lipinski definition) is 4. The maximum Gasteiger partial charge on any atom is 0.324 e. The molecule has 0 saturated carbocycles. The van der Waals surface area contributed by atoms with E-state index in [2.05, 4.69) is 4.90 Å². The first-order chi connectivity index (χ1) is 7.69. The van der Waals surface area contributed by atoms with Gasteiger partial charge in [-0.15, -0.1) is 0 Å². The first-order valence-electron chi connectivity index (χ1n) is 5.95. The van der Waals surface area contributed by atoms with Crippen LogP contribution in [0.1, 0.15) is 19.3 Å². The molecule has 2 aliphatic rings. The zero-order valence-corrected chi connectivity index (χ0v) is 9.52. The molecule has 0 amide bonds. The lowest BCUT2D eigenvalue weighted by Crippen LogP contribution is -2.56. The summed E-state index contributed by atoms with van der Waals surface area (Å²) in [5.41, 5.74) is 4.95. The van der Waals surface area contributed by atoms with Gasteiger partial charge in [-0.1, -0.05) is 0 Å². The largest absolute Gasteiger partial charge is 0.480 e. The molecule has 2 rings (SSSR count). The van der Waals surface area contributed by atoms with Gasteiger partial charge in [-0.05, 0) is 38.3 Å². The molecule has 0 aromatic rings. The lowest BCUT2D eigenvalue weighted by atomic mass is 9.88. The van der Waals surface area contributed by atoms with Gasteiger partial charge in [-0.2, -0.15) is 0 Å². The predicted molar refractivity (Wildman–Crippen MR) is 59.2 cm³/mol. The van der Waals surface area contributed by atoms with E-state index in [-0.39, 0.29) is 0 Å². The molecule has 0 radical (unpaired) electrons. The molecule has 0 aliphatic carbocycles. The summed E-state index contributed by atoms with van der Waals surface area (Å²) in [6.07, 6.45) is 2.21. The summed E-state index contributed by atoms with van der Waals surface area (Å²) in [5.74, 6) is -0.243. The third kappa shape index (κ3) is 1.95. The van der Waals surface area contributed by atoms with E-state index in [1.165, 1.54) is 0 Å². The van der Waals surface area contributed by atoms with Gasteiger partial charge < -0.3 is 15.6 Å². The summed E-state index contributed by atoms with van der Waals surface area (Å²) in [5, 5.41) is 9.48. The molecule has 2 saturated heterocycles. The normalized spacial score (nSPS) is 30.4. The van der Waals surface area contributed by atoms with Crippen molar-refractivity contribution in [3.05, 3.63) is 0 Å². The average molecular weight is 228 g/mol. The zero-order valence-electron chi connectivity index (χ0n) is 9.52. The quantitative estimate of drug-likeness (QED) is 0.705. The fraction of sp³-hybridized carbons (Fsp3) is 0.909. The highest BCUT2D eigenvalue weighted by Gasteiger charge is 2.47. The van der Waals surface area contributed by atoms with Gasteiger partial charge >= 0.3 is 5.97 Å². The van der Waals surface area contributed by atoms with Gasteiger partial charge in [0, 0.05) is 19.8 Å². The molecular formula is C11H20N2O3. The number of carbonyl (C=O) groups is 1. The van der Waals surface area contributed by atoms with Crippen molar-refractivity contribution in [3.8, 4) is 0 Å². The van der Waals surface area contributed by atoms with Crippen molar-refractivity contribution < 1.29 is 14.6 Å². The summed E-state index contributed by atoms with van der Waals surface area (Å²) in [6, 6.07) is 0. The molecule has 0 spiro atoms. The smallest absolute Gasteiger partial charge is 0.324 e. The van der Waals surface area contributed by atoms with Crippen LogP contribution in [0.5, 0.6) is 0 Å². The van der Waals surface area contributed by atoms with Gasteiger partial charge in [0.15, 0.2) is 0 Å². The van der Waals surface area contributed by atoms with Crippen molar-refractivity contribution in [1.82, 2.24) is 4.90 Å². The second-order valence-electron chi connectivity index (χ2n) is 4.79. The average Bonchev–Trinajstić information content (AvgIpc) is 2.78. The van der Waals surface area contributed by atoms with E-state index in [1.807, 2.05) is 0 Å². The Bertz CT molecular complexity index is 264. The number of nitrogens with two attached hydrogens (primary N) is 1. The second-order valence-corrected chi connectivity index (χ2v) is 4.79. The Morgan fingerprint density at radius 2 is 2.19 bits per heavy atom. The van der Waals surface area contributed by atoms with Crippen molar-refractivity contribution >= 4 is 5.97 Å². The molecule has 0 aromatic heterocycles. The number of ether oxygens (including phenoxy) is 1. The van der Waals surface area contributed by atoms with Crippen LogP contribution in [0.25, 0.3) is 0 Å². The van der Waals surface area contributed by atoms with Crippen LogP contribution >= 0.6 is 0 Å². The van der Waals surface area contributed by atoms with E-state index < -0.39 is 11.5 Å². The minimum atomic E-state index is -0.700. The summed E-state index contributed by atoms with van der Waals surface area (Å²) >= 11 is 0. The van der Waals surface area contributed by atoms with Gasteiger partial charge in [0.2, 0.25) is 0 Å². The molecule has 0 bridgehead atoms. The maximum absolute atomic E-state index is 11.5. The van der Waals surface area contributed by atoms with Crippen LogP contribution in [0.2, 0.25) is 0 Å². The van der Waals surface area contributed by atoms with Crippen LogP contribution in [0.4, 0.5) is 0 Å². The van der Waals surface area contributed by atoms with Crippen LogP contribution in [0.15, 0.2) is 0 Å². The molecule has 5 nitrogen and oxygen atoms in total. The second kappa shape index (κ2) is 4.69. The van der Waals surface area contributed by atoms with Crippen molar-refractivity contribution in [2.24, 2.45) is 11.7 Å². The number of hydrogen-bond donors (Lipinski definition) is 2. The fourth-order valence-corrected chi connectivity index (χ4v) is 2.79. The highest BCUT2D eigenvalue weighted by atomic mass is 16.5. The minimum Gasteiger partial charge on any atom is -0.480 e. The Labute approximate surface area is 95.5 Å². The topological polar surface area (TPSA) is 75.8 Å². The van der Waals surface area contributed by atoms with E-state index in [1.54, 1.807) is 0 Å². The van der Waals surface area contributed by atoms with Crippen molar-refractivity contribution in [1.29, 1.82) is 0 Å². The van der Waals surface area contributed by atoms with Crippen LogP contribution in [-0.4, -0.2) is 54.4 Å². The lowest BCUT2D eigenvalue weighted by Gasteiger charge is -2.40. The molecule has 5 heteroatoms. The molecule has 1 atom stereocenters. The first kappa shape index (κ1) is 11.8. The van der Waals surface area contributed by atoms with E-state index >= 15 is 0 Å². The summed E-state index contributed by atoms with van der Waals surface area (Å²) in [4.78, 5) is 13.6. The van der Waals surface area contributed by atoms with Gasteiger partial charge in [-0.3, -0.25) is 9.69 Å². The van der Waals surface area contributed by atoms with E-state index in [9.17, 15) is 9.90 Å². The van der Waals surface area contributed by atoms with Crippen LogP contribution in [0, 0.1) is 5.92 Å². The number of aliphatic carboxylic acids is 1. The van der Waals surface area contributed by atoms with Gasteiger partial charge in [0.25, 0.3) is 0 Å². The molecule has 3 N–H and O–H groups in total. The zero-order chi connectivity index (χ0) is 11.6. The Hall–Kier alpha value is -0.650. The van der Waals surface area contributed by atoms with Crippen LogP contribution < -0.4 is 5.73 Å². The van der Waals surface area contributed by atoms with Crippen molar-refractivity contribution in [2.75, 3.05) is 32.8 Å². The summed E-state index contributed by atoms with van der Waals surface area (Å²) in [6.45, 7) is 3.44. The summed E-state index contributed by atoms with van der Waals surface area (Å²) in [7, 11) is 0. The van der Waals surface area contributed by atoms with Crippen LogP contribution in [-0.2, 0) is 9.53 Å². The molecule has 2 aliphatic heterocycles. The molecule has 0 aromatic carbocycles. The number of likely N-dealkylation sites (tertiary alicyclic amines) is 1. The predicted octanol–water partition coefficient (Wildman–Crippen LogP) is -0.0992. The number of carboxylic acids is 1. The van der Waals surface area contributed by atoms with E-state index in [0.717, 1.165) is 19.5 Å². The van der Waals surface area contributed by atoms with Gasteiger partial charge in [-0.25, -0.2) is 0 Å². The van der Waals surface area contributed by atoms with Crippen LogP contribution in [0.3, 0.4) is 0 Å². The first-order valence-corrected chi connectivity index (χ1v) is 5.95. The Kier molecular flexibility index (Phi) is 3.47. The summed E-state index contributed by atoms with van der Waals surface area (Å²) < 4.78 is 5.27. The van der Waals surface area contributed by atoms with Crippen molar-refractivity contribution in [3.63, 3.8) is 0 Å². The monoisotopic (exact) mass is 228 g/mol. The van der Waals surface area contributed by atoms with Crippen molar-refractivity contribution in [2.45, 2.75) is 24.8 Å². The third-order valence-corrected chi connectivity index (χ3v) is 3.94. The highest BCUT2D eigenvalue weighted by Crippen LogP contribution is 2.32. The standard InChI is InChI=1S/C11H20N2O3/c12-7-9-1-4-13(8-9)11(10(14)15)2-5-16-6-3-11/h9H,1-8,12H2,(H,14,15). The maximum atomic E-state index is 11.5. The fourth-order valence-electron chi connectivity index (χ4n) is 2.79. The highest BCUT2D eigenvalue weighted by molar-refractivity contribution is 5.79. The Morgan fingerprint density at radius 3 is 2.69 bits per heavy atom. The number of nitrogens with zero attached hydrogens (tertiary/aromatic N) is 1. The minimum absolute atomic E-state index is 0.457. The molecule has 2 heterocycles. The van der Waals surface area contributed by atoms with Gasteiger partial charge in [0.05, 0.1) is 0 Å². The van der Waals surface area contributed by atoms with E-state index in [4.69, 9.17) is 10.5 Å². The molecule has 1 unspecified atom stereocenters. The number of rotatable bonds is 3.